The van der Waals surface area contributed by atoms with Gasteiger partial charge in [-0.3, -0.25) is 9.59 Å². The van der Waals surface area contributed by atoms with Gasteiger partial charge in [-0.2, -0.15) is 0 Å². The van der Waals surface area contributed by atoms with Crippen molar-refractivity contribution in [3.8, 4) is 0 Å². The summed E-state index contributed by atoms with van der Waals surface area (Å²) in [7, 11) is 0. The predicted octanol–water partition coefficient (Wildman–Crippen LogP) is 6.25. The number of anilines is 1. The largest absolute Gasteiger partial charge is 0.325 e. The zero-order valence-corrected chi connectivity index (χ0v) is 21.1. The van der Waals surface area contributed by atoms with Gasteiger partial charge in [0.2, 0.25) is 5.91 Å². The van der Waals surface area contributed by atoms with Gasteiger partial charge in [0.1, 0.15) is 11.2 Å². The van der Waals surface area contributed by atoms with Gasteiger partial charge in [-0.1, -0.05) is 62.2 Å². The van der Waals surface area contributed by atoms with Crippen LogP contribution in [0.1, 0.15) is 63.5 Å². The second-order valence-corrected chi connectivity index (χ2v) is 12.1. The molecule has 4 atom stereocenters. The Labute approximate surface area is 209 Å². The van der Waals surface area contributed by atoms with Gasteiger partial charge in [0, 0.05) is 29.1 Å². The number of hydrogen-bond acceptors (Lipinski definition) is 3. The molecule has 0 radical (unpaired) electrons. The lowest BCUT2D eigenvalue weighted by Gasteiger charge is -2.37. The van der Waals surface area contributed by atoms with E-state index < -0.39 is 23.2 Å². The van der Waals surface area contributed by atoms with Crippen molar-refractivity contribution in [1.29, 1.82) is 0 Å². The fourth-order valence-corrected chi connectivity index (χ4v) is 6.29. The third kappa shape index (κ3) is 3.86. The molecular formula is C27H29Cl2FN2O2. The number of halogens is 3. The molecule has 1 spiro atoms. The maximum Gasteiger partial charge on any atom is 0.237 e. The molecule has 180 valence electrons. The van der Waals surface area contributed by atoms with Crippen molar-refractivity contribution in [1.82, 2.24) is 5.32 Å². The highest BCUT2D eigenvalue weighted by molar-refractivity contribution is 6.31. The molecule has 4 nitrogen and oxygen atoms in total. The molecule has 1 saturated carbocycles. The van der Waals surface area contributed by atoms with E-state index in [0.717, 1.165) is 18.4 Å². The summed E-state index contributed by atoms with van der Waals surface area (Å²) < 4.78 is 15.6. The summed E-state index contributed by atoms with van der Waals surface area (Å²) >= 11 is 12.5. The summed E-state index contributed by atoms with van der Waals surface area (Å²) in [5.41, 5.74) is 0.327. The van der Waals surface area contributed by atoms with Crippen LogP contribution in [0.25, 0.3) is 0 Å². The molecule has 2 heterocycles. The number of benzene rings is 2. The monoisotopic (exact) mass is 502 g/mol. The first-order valence-electron chi connectivity index (χ1n) is 11.9. The maximum absolute atomic E-state index is 15.6. The van der Waals surface area contributed by atoms with Crippen LogP contribution in [0.3, 0.4) is 0 Å². The molecule has 2 aliphatic heterocycles. The van der Waals surface area contributed by atoms with Gasteiger partial charge in [0.05, 0.1) is 11.1 Å². The van der Waals surface area contributed by atoms with Crippen LogP contribution < -0.4 is 10.6 Å². The Bertz CT molecular complexity index is 1170. The molecule has 2 fully saturated rings. The van der Waals surface area contributed by atoms with E-state index in [2.05, 4.69) is 31.4 Å². The van der Waals surface area contributed by atoms with Crippen LogP contribution in [-0.4, -0.2) is 23.8 Å². The quantitative estimate of drug-likeness (QED) is 0.507. The second kappa shape index (κ2) is 8.32. The Morgan fingerprint density at radius 2 is 1.91 bits per heavy atom. The van der Waals surface area contributed by atoms with Crippen molar-refractivity contribution >= 4 is 40.6 Å². The molecule has 0 bridgehead atoms. The summed E-state index contributed by atoms with van der Waals surface area (Å²) in [6, 6.07) is 9.07. The van der Waals surface area contributed by atoms with Gasteiger partial charge < -0.3 is 10.6 Å². The SMILES string of the molecule is CC(C)(C)C[C@H]1N[C@@H](C(=O)CC2CC2)[C@H](c2cccc(Cl)c2F)[C@@]12C(=O)Nc1cc(Cl)ccc12. The van der Waals surface area contributed by atoms with E-state index in [4.69, 9.17) is 23.2 Å². The number of Topliss-reactive ketones (excluding diaryl/α,β-unsaturated/α-hetero) is 1. The van der Waals surface area contributed by atoms with Crippen LogP contribution in [-0.2, 0) is 15.0 Å². The number of rotatable bonds is 5. The van der Waals surface area contributed by atoms with Crippen molar-refractivity contribution in [3.63, 3.8) is 0 Å². The number of nitrogens with one attached hydrogen (secondary N) is 2. The summed E-state index contributed by atoms with van der Waals surface area (Å²) in [6.45, 7) is 6.31. The van der Waals surface area contributed by atoms with Crippen LogP contribution in [0.2, 0.25) is 10.0 Å². The van der Waals surface area contributed by atoms with E-state index in [9.17, 15) is 9.59 Å². The molecular weight excluding hydrogens is 474 g/mol. The van der Waals surface area contributed by atoms with E-state index in [1.165, 1.54) is 6.07 Å². The number of carbonyl (C=O) groups excluding carboxylic acids is 2. The van der Waals surface area contributed by atoms with E-state index in [1.54, 1.807) is 24.3 Å². The third-order valence-corrected chi connectivity index (χ3v) is 8.00. The summed E-state index contributed by atoms with van der Waals surface area (Å²) in [5.74, 6) is -1.16. The molecule has 2 aromatic rings. The van der Waals surface area contributed by atoms with Crippen molar-refractivity contribution in [2.75, 3.05) is 5.32 Å². The zero-order chi connectivity index (χ0) is 24.4. The molecule has 1 amide bonds. The number of hydrogen-bond donors (Lipinski definition) is 2. The Balaban J connectivity index is 1.75. The van der Waals surface area contributed by atoms with Crippen molar-refractivity contribution in [2.45, 2.75) is 69.9 Å². The molecule has 1 aliphatic carbocycles. The standard InChI is InChI=1S/C27H29Cl2FN2O2/c1-26(2,3)13-21-27(17-10-9-15(28)12-19(17)31-25(27)34)22(16-5-4-6-18(29)23(16)30)24(32-21)20(33)11-14-7-8-14/h4-6,9-10,12,14,21-22,24,32H,7-8,11,13H2,1-3H3,(H,31,34)/t21-,22+,24+,27+/m1/s1. The second-order valence-electron chi connectivity index (χ2n) is 11.2. The average molecular weight is 503 g/mol. The van der Waals surface area contributed by atoms with Gasteiger partial charge in [0.15, 0.2) is 5.78 Å². The molecule has 0 aromatic heterocycles. The molecule has 34 heavy (non-hydrogen) atoms. The van der Waals surface area contributed by atoms with Gasteiger partial charge in [-0.05, 0) is 59.9 Å². The summed E-state index contributed by atoms with van der Waals surface area (Å²) in [5, 5.41) is 7.03. The van der Waals surface area contributed by atoms with Crippen LogP contribution in [0, 0.1) is 17.2 Å². The van der Waals surface area contributed by atoms with E-state index in [0.29, 0.717) is 35.0 Å². The van der Waals surface area contributed by atoms with Crippen LogP contribution in [0.15, 0.2) is 36.4 Å². The lowest BCUT2D eigenvalue weighted by Crippen LogP contribution is -2.49. The van der Waals surface area contributed by atoms with Gasteiger partial charge >= 0.3 is 0 Å². The molecule has 3 aliphatic rings. The minimum absolute atomic E-state index is 0.0185. The van der Waals surface area contributed by atoms with Gasteiger partial charge in [0.25, 0.3) is 0 Å². The van der Waals surface area contributed by atoms with E-state index in [-0.39, 0.29) is 28.2 Å². The number of fused-ring (bicyclic) bond motifs is 2. The number of amides is 1. The predicted molar refractivity (Wildman–Crippen MR) is 133 cm³/mol. The van der Waals surface area contributed by atoms with Crippen LogP contribution in [0.4, 0.5) is 10.1 Å². The number of carbonyl (C=O) groups is 2. The van der Waals surface area contributed by atoms with Crippen molar-refractivity contribution in [3.05, 3.63) is 63.4 Å². The minimum atomic E-state index is -1.18. The average Bonchev–Trinajstić information content (AvgIpc) is 3.43. The zero-order valence-electron chi connectivity index (χ0n) is 19.6. The Kier molecular flexibility index (Phi) is 5.82. The van der Waals surface area contributed by atoms with E-state index >= 15 is 4.39 Å². The van der Waals surface area contributed by atoms with Crippen molar-refractivity contribution in [2.24, 2.45) is 11.3 Å². The van der Waals surface area contributed by atoms with Gasteiger partial charge in [-0.15, -0.1) is 0 Å². The molecule has 2 N–H and O–H groups in total. The normalized spacial score (nSPS) is 28.3. The van der Waals surface area contributed by atoms with E-state index in [1.807, 2.05) is 6.07 Å². The minimum Gasteiger partial charge on any atom is -0.325 e. The van der Waals surface area contributed by atoms with Crippen molar-refractivity contribution < 1.29 is 14.0 Å². The molecule has 1 saturated heterocycles. The first kappa shape index (κ1) is 23.8. The topological polar surface area (TPSA) is 58.2 Å². The van der Waals surface area contributed by atoms with Gasteiger partial charge in [-0.25, -0.2) is 4.39 Å². The Morgan fingerprint density at radius 1 is 1.18 bits per heavy atom. The van der Waals surface area contributed by atoms with Crippen LogP contribution >= 0.6 is 23.2 Å². The third-order valence-electron chi connectivity index (χ3n) is 7.47. The molecule has 7 heteroatoms. The molecule has 2 aromatic carbocycles. The molecule has 5 rings (SSSR count). The Hall–Kier alpha value is -1.95. The Morgan fingerprint density at radius 3 is 2.59 bits per heavy atom. The van der Waals surface area contributed by atoms with Crippen LogP contribution in [0.5, 0.6) is 0 Å². The first-order chi connectivity index (χ1) is 16.0. The lowest BCUT2D eigenvalue weighted by atomic mass is 9.62. The first-order valence-corrected chi connectivity index (χ1v) is 12.6. The number of ketones is 1. The summed E-state index contributed by atoms with van der Waals surface area (Å²) in [4.78, 5) is 27.6. The smallest absolute Gasteiger partial charge is 0.237 e. The molecule has 0 unspecified atom stereocenters. The highest BCUT2D eigenvalue weighted by atomic mass is 35.5. The summed E-state index contributed by atoms with van der Waals surface area (Å²) in [6.07, 6.45) is 3.12. The maximum atomic E-state index is 15.6. The highest BCUT2D eigenvalue weighted by Gasteiger charge is 2.66. The fourth-order valence-electron chi connectivity index (χ4n) is 5.94. The lowest BCUT2D eigenvalue weighted by molar-refractivity contribution is -0.122. The fraction of sp³-hybridized carbons (Fsp3) is 0.481. The highest BCUT2D eigenvalue weighted by Crippen LogP contribution is 2.57.